The minimum atomic E-state index is -1.31. The minimum absolute atomic E-state index is 0.00601. The van der Waals surface area contributed by atoms with Crippen LogP contribution in [0.4, 0.5) is 10.5 Å². The monoisotopic (exact) mass is 446 g/mol. The summed E-state index contributed by atoms with van der Waals surface area (Å²) >= 11 is 0. The van der Waals surface area contributed by atoms with Gasteiger partial charge in [0.05, 0.1) is 11.3 Å². The number of hydrogen-bond donors (Lipinski definition) is 4. The molecule has 1 aliphatic rings. The van der Waals surface area contributed by atoms with E-state index in [4.69, 9.17) is 4.74 Å². The van der Waals surface area contributed by atoms with E-state index in [1.807, 2.05) is 48.5 Å². The number of hydrogen-bond acceptors (Lipinski definition) is 5. The molecule has 33 heavy (non-hydrogen) atoms. The van der Waals surface area contributed by atoms with Crippen molar-refractivity contribution in [1.82, 2.24) is 5.32 Å². The summed E-state index contributed by atoms with van der Waals surface area (Å²) in [5.74, 6) is -2.28. The third-order valence-electron chi connectivity index (χ3n) is 5.56. The molecule has 8 nitrogen and oxygen atoms in total. The number of carbonyl (C=O) groups is 3. The van der Waals surface area contributed by atoms with Gasteiger partial charge in [0.1, 0.15) is 18.4 Å². The van der Waals surface area contributed by atoms with E-state index in [0.29, 0.717) is 0 Å². The highest BCUT2D eigenvalue weighted by molar-refractivity contribution is 6.03. The first kappa shape index (κ1) is 21.9. The van der Waals surface area contributed by atoms with Crippen LogP contribution < -0.4 is 10.6 Å². The number of anilines is 1. The molecule has 0 aliphatic heterocycles. The molecule has 0 bridgehead atoms. The largest absolute Gasteiger partial charge is 0.508 e. The molecule has 168 valence electrons. The Hall–Kier alpha value is -4.33. The van der Waals surface area contributed by atoms with Gasteiger partial charge in [-0.1, -0.05) is 48.5 Å². The van der Waals surface area contributed by atoms with Crippen molar-refractivity contribution in [2.45, 2.75) is 18.9 Å². The number of amides is 2. The lowest BCUT2D eigenvalue weighted by atomic mass is 9.98. The lowest BCUT2D eigenvalue weighted by Gasteiger charge is -2.17. The molecule has 1 aliphatic carbocycles. The highest BCUT2D eigenvalue weighted by Crippen LogP contribution is 2.44. The standard InChI is InChI=1S/C25H22N2O6/c1-14(23(29)27-22-11-10-15(28)12-20(22)24(30)31)26-25(32)33-13-21-18-8-4-2-6-16(18)17-7-3-5-9-19(17)21/h2-12,14,21,28H,13H2,1H3,(H,26,32)(H,27,29)(H,30,31)/t14-/m1/s1. The zero-order valence-corrected chi connectivity index (χ0v) is 17.7. The Balaban J connectivity index is 1.38. The summed E-state index contributed by atoms with van der Waals surface area (Å²) in [6.45, 7) is 1.56. The number of rotatable bonds is 6. The van der Waals surface area contributed by atoms with Crippen molar-refractivity contribution in [3.63, 3.8) is 0 Å². The molecule has 0 saturated heterocycles. The summed E-state index contributed by atoms with van der Waals surface area (Å²) < 4.78 is 5.43. The topological polar surface area (TPSA) is 125 Å². The van der Waals surface area contributed by atoms with E-state index in [9.17, 15) is 24.6 Å². The predicted octanol–water partition coefficient (Wildman–Crippen LogP) is 3.96. The first-order valence-electron chi connectivity index (χ1n) is 10.3. The van der Waals surface area contributed by atoms with E-state index in [2.05, 4.69) is 10.6 Å². The van der Waals surface area contributed by atoms with Gasteiger partial charge in [-0.15, -0.1) is 0 Å². The van der Waals surface area contributed by atoms with Crippen LogP contribution in [0, 0.1) is 0 Å². The van der Waals surface area contributed by atoms with Crippen LogP contribution in [0.2, 0.25) is 0 Å². The number of aromatic hydroxyl groups is 1. The number of ether oxygens (including phenoxy) is 1. The number of fused-ring (bicyclic) bond motifs is 3. The second-order valence-corrected chi connectivity index (χ2v) is 7.72. The zero-order valence-electron chi connectivity index (χ0n) is 17.7. The van der Waals surface area contributed by atoms with Crippen LogP contribution in [0.3, 0.4) is 0 Å². The fraction of sp³-hybridized carbons (Fsp3) is 0.160. The Morgan fingerprint density at radius 2 is 1.58 bits per heavy atom. The van der Waals surface area contributed by atoms with E-state index >= 15 is 0 Å². The summed E-state index contributed by atoms with van der Waals surface area (Å²) in [5.41, 5.74) is 4.11. The molecule has 0 spiro atoms. The van der Waals surface area contributed by atoms with E-state index in [-0.39, 0.29) is 29.5 Å². The van der Waals surface area contributed by atoms with Crippen molar-refractivity contribution in [2.24, 2.45) is 0 Å². The molecule has 4 rings (SSSR count). The third-order valence-corrected chi connectivity index (χ3v) is 5.56. The van der Waals surface area contributed by atoms with Gasteiger partial charge < -0.3 is 25.6 Å². The number of alkyl carbamates (subject to hydrolysis) is 1. The van der Waals surface area contributed by atoms with Crippen molar-refractivity contribution >= 4 is 23.7 Å². The maximum Gasteiger partial charge on any atom is 0.407 e. The van der Waals surface area contributed by atoms with E-state index < -0.39 is 24.0 Å². The first-order valence-corrected chi connectivity index (χ1v) is 10.3. The fourth-order valence-electron chi connectivity index (χ4n) is 3.94. The van der Waals surface area contributed by atoms with Gasteiger partial charge in [-0.2, -0.15) is 0 Å². The summed E-state index contributed by atoms with van der Waals surface area (Å²) in [7, 11) is 0. The lowest BCUT2D eigenvalue weighted by molar-refractivity contribution is -0.117. The number of carbonyl (C=O) groups excluding carboxylic acids is 2. The number of carboxylic acids is 1. The van der Waals surface area contributed by atoms with Gasteiger partial charge in [0.2, 0.25) is 5.91 Å². The Bertz CT molecular complexity index is 1190. The normalized spacial score (nSPS) is 12.9. The molecule has 0 aromatic heterocycles. The maximum atomic E-state index is 12.5. The highest BCUT2D eigenvalue weighted by atomic mass is 16.5. The van der Waals surface area contributed by atoms with Gasteiger partial charge in [0, 0.05) is 5.92 Å². The summed E-state index contributed by atoms with van der Waals surface area (Å²) in [6.07, 6.45) is -0.760. The Morgan fingerprint density at radius 3 is 2.18 bits per heavy atom. The molecule has 0 unspecified atom stereocenters. The Kier molecular flexibility index (Phi) is 5.99. The lowest BCUT2D eigenvalue weighted by Crippen LogP contribution is -2.42. The van der Waals surface area contributed by atoms with Crippen molar-refractivity contribution < 1.29 is 29.3 Å². The average molecular weight is 446 g/mol. The van der Waals surface area contributed by atoms with E-state index in [0.717, 1.165) is 28.3 Å². The molecular weight excluding hydrogens is 424 g/mol. The average Bonchev–Trinajstić information content (AvgIpc) is 3.12. The van der Waals surface area contributed by atoms with Gasteiger partial charge in [0.25, 0.3) is 0 Å². The molecule has 0 heterocycles. The van der Waals surface area contributed by atoms with Gasteiger partial charge in [0.15, 0.2) is 0 Å². The van der Waals surface area contributed by atoms with Crippen LogP contribution in [-0.2, 0) is 9.53 Å². The predicted molar refractivity (Wildman–Crippen MR) is 121 cm³/mol. The van der Waals surface area contributed by atoms with Crippen molar-refractivity contribution in [3.8, 4) is 16.9 Å². The van der Waals surface area contributed by atoms with Gasteiger partial charge in [-0.3, -0.25) is 4.79 Å². The minimum Gasteiger partial charge on any atom is -0.508 e. The van der Waals surface area contributed by atoms with Crippen LogP contribution in [0.25, 0.3) is 11.1 Å². The number of phenolic OH excluding ortho intramolecular Hbond substituents is 1. The maximum absolute atomic E-state index is 12.5. The fourth-order valence-corrected chi connectivity index (χ4v) is 3.94. The van der Waals surface area contributed by atoms with E-state index in [1.165, 1.54) is 19.1 Å². The van der Waals surface area contributed by atoms with Gasteiger partial charge in [-0.25, -0.2) is 9.59 Å². The molecule has 0 saturated carbocycles. The smallest absolute Gasteiger partial charge is 0.407 e. The molecule has 3 aromatic carbocycles. The number of phenols is 1. The van der Waals surface area contributed by atoms with Crippen molar-refractivity contribution in [3.05, 3.63) is 83.4 Å². The second-order valence-electron chi connectivity index (χ2n) is 7.72. The third kappa shape index (κ3) is 4.50. The van der Waals surface area contributed by atoms with Crippen molar-refractivity contribution in [2.75, 3.05) is 11.9 Å². The van der Waals surface area contributed by atoms with Crippen LogP contribution in [0.1, 0.15) is 34.3 Å². The number of aromatic carboxylic acids is 1. The van der Waals surface area contributed by atoms with E-state index in [1.54, 1.807) is 0 Å². The number of carboxylic acid groups (broad SMARTS) is 1. The number of nitrogens with one attached hydrogen (secondary N) is 2. The molecule has 0 radical (unpaired) electrons. The van der Waals surface area contributed by atoms with Gasteiger partial charge in [-0.05, 0) is 47.4 Å². The quantitative estimate of drug-likeness (QED) is 0.425. The summed E-state index contributed by atoms with van der Waals surface area (Å²) in [5, 5.41) is 23.6. The molecule has 3 aromatic rings. The Labute approximate surface area is 189 Å². The molecule has 0 fully saturated rings. The van der Waals surface area contributed by atoms with Crippen LogP contribution in [-0.4, -0.2) is 40.8 Å². The van der Waals surface area contributed by atoms with Crippen LogP contribution in [0.5, 0.6) is 5.75 Å². The van der Waals surface area contributed by atoms with Crippen LogP contribution in [0.15, 0.2) is 66.7 Å². The molecular formula is C25H22N2O6. The molecule has 1 atom stereocenters. The molecule has 2 amide bonds. The summed E-state index contributed by atoms with van der Waals surface area (Å²) in [6, 6.07) is 18.5. The SMILES string of the molecule is C[C@@H](NC(=O)OCC1c2ccccc2-c2ccccc21)C(=O)Nc1ccc(O)cc1C(=O)O. The number of benzene rings is 3. The first-order chi connectivity index (χ1) is 15.8. The van der Waals surface area contributed by atoms with Crippen LogP contribution >= 0.6 is 0 Å². The van der Waals surface area contributed by atoms with Gasteiger partial charge >= 0.3 is 12.1 Å². The zero-order chi connectivity index (χ0) is 23.5. The Morgan fingerprint density at radius 1 is 0.970 bits per heavy atom. The molecule has 4 N–H and O–H groups in total. The highest BCUT2D eigenvalue weighted by Gasteiger charge is 2.29. The summed E-state index contributed by atoms with van der Waals surface area (Å²) in [4.78, 5) is 36.2. The second kappa shape index (κ2) is 9.04. The molecule has 8 heteroatoms. The van der Waals surface area contributed by atoms with Crippen molar-refractivity contribution in [1.29, 1.82) is 0 Å².